The van der Waals surface area contributed by atoms with Crippen LogP contribution in [0, 0.1) is 5.41 Å². The van der Waals surface area contributed by atoms with Crippen LogP contribution >= 0.6 is 0 Å². The lowest BCUT2D eigenvalue weighted by molar-refractivity contribution is -0.161. The Labute approximate surface area is 462 Å². The number of benzene rings is 4. The Morgan fingerprint density at radius 3 is 0.963 bits per heavy atom. The van der Waals surface area contributed by atoms with Crippen molar-refractivity contribution in [3.05, 3.63) is 161 Å². The van der Waals surface area contributed by atoms with Crippen LogP contribution in [0.1, 0.15) is 103 Å². The van der Waals surface area contributed by atoms with Crippen LogP contribution < -0.4 is 40.7 Å². The zero-order valence-corrected chi connectivity index (χ0v) is 44.8. The molecule has 0 saturated carbocycles. The molecule has 0 bridgehead atoms. The number of esters is 2. The summed E-state index contributed by atoms with van der Waals surface area (Å²) in [6.45, 7) is 9.77. The number of carbonyl (C=O) groups is 6. The highest BCUT2D eigenvalue weighted by molar-refractivity contribution is 5.92. The number of carboxylic acid groups (broad SMARTS) is 4. The number of rotatable bonds is 21. The van der Waals surface area contributed by atoms with Crippen LogP contribution in [0.5, 0.6) is 23.0 Å². The Morgan fingerprint density at radius 2 is 0.720 bits per heavy atom. The summed E-state index contributed by atoms with van der Waals surface area (Å²) >= 11 is 0. The van der Waals surface area contributed by atoms with Crippen LogP contribution in [-0.4, -0.2) is 94.9 Å². The summed E-state index contributed by atoms with van der Waals surface area (Å²) in [5, 5.41) is 36.6. The lowest BCUT2D eigenvalue weighted by atomic mass is 9.97. The summed E-state index contributed by atoms with van der Waals surface area (Å²) in [5.74, 6) is -8.54. The van der Waals surface area contributed by atoms with Crippen LogP contribution in [0.25, 0.3) is 43.9 Å². The second-order valence-corrected chi connectivity index (χ2v) is 18.4. The average molecular weight is 1140 g/mol. The van der Waals surface area contributed by atoms with Gasteiger partial charge in [-0.2, -0.15) is 0 Å². The first-order valence-corrected chi connectivity index (χ1v) is 25.1. The van der Waals surface area contributed by atoms with Gasteiger partial charge in [0.15, 0.2) is 33.9 Å². The van der Waals surface area contributed by atoms with Crippen LogP contribution in [-0.2, 0) is 19.1 Å². The summed E-state index contributed by atoms with van der Waals surface area (Å²) in [5.41, 5.74) is -3.45. The van der Waals surface area contributed by atoms with Gasteiger partial charge in [-0.3, -0.25) is 28.8 Å². The zero-order valence-electron chi connectivity index (χ0n) is 44.8. The van der Waals surface area contributed by atoms with E-state index in [4.69, 9.17) is 66.5 Å². The van der Waals surface area contributed by atoms with Crippen LogP contribution in [0.4, 0.5) is 0 Å². The molecule has 0 amide bonds. The van der Waals surface area contributed by atoms with Gasteiger partial charge in [0, 0.05) is 30.7 Å². The first-order chi connectivity index (χ1) is 39.0. The molecule has 4 aromatic heterocycles. The van der Waals surface area contributed by atoms with E-state index in [1.807, 2.05) is 20.8 Å². The maximum absolute atomic E-state index is 12.7. The van der Waals surface area contributed by atoms with Gasteiger partial charge in [0.2, 0.25) is 23.0 Å². The maximum Gasteiger partial charge on any atom is 0.371 e. The summed E-state index contributed by atoms with van der Waals surface area (Å²) in [7, 11) is 0. The predicted octanol–water partition coefficient (Wildman–Crippen LogP) is 8.59. The molecule has 4 N–H and O–H groups in total. The van der Waals surface area contributed by atoms with E-state index in [1.54, 1.807) is 20.8 Å². The smallest absolute Gasteiger partial charge is 0.371 e. The van der Waals surface area contributed by atoms with Crippen molar-refractivity contribution in [2.45, 2.75) is 73.0 Å². The molecule has 4 heterocycles. The highest BCUT2D eigenvalue weighted by Crippen LogP contribution is 2.29. The van der Waals surface area contributed by atoms with Crippen molar-refractivity contribution in [2.75, 3.05) is 26.4 Å². The Hall–Kier alpha value is -10.3. The lowest BCUT2D eigenvalue weighted by Crippen LogP contribution is -2.35. The molecule has 0 aliphatic carbocycles. The van der Waals surface area contributed by atoms with Gasteiger partial charge >= 0.3 is 35.8 Å². The van der Waals surface area contributed by atoms with Crippen molar-refractivity contribution < 1.29 is 95.3 Å². The van der Waals surface area contributed by atoms with E-state index < -0.39 is 98.2 Å². The fourth-order valence-corrected chi connectivity index (χ4v) is 7.47. The number of carboxylic acids is 4. The van der Waals surface area contributed by atoms with Crippen molar-refractivity contribution >= 4 is 79.7 Å². The number of ether oxygens (including phenoxy) is 6. The fourth-order valence-electron chi connectivity index (χ4n) is 7.47. The van der Waals surface area contributed by atoms with Gasteiger partial charge in [0.1, 0.15) is 93.3 Å². The molecule has 8 aromatic rings. The van der Waals surface area contributed by atoms with Crippen LogP contribution in [0.2, 0.25) is 0 Å². The minimum atomic E-state index is -1.40. The van der Waals surface area contributed by atoms with Crippen molar-refractivity contribution in [1.29, 1.82) is 0 Å². The van der Waals surface area contributed by atoms with E-state index in [-0.39, 0.29) is 99.7 Å². The standard InChI is InChI=1S/2C28H24O12.C2H6/c1-28(2,3)27(35)38-14(12-36-17-6-4-8-19-23(17)15(29)10-21(39-19)25(31)32)13-37-18-7-5-9-20-24(18)16(30)11-22(40-20)26(33)34;1-2-3-10-24(31)38-15(13-36-18-6-4-8-20-25(18)16(29)11-22(39-20)27(32)33)14-37-19-7-5-9-21-26(19)17(30)12-23(40-21)28(34)35;1-2/h4-11,14H,12-13H2,1-3H3,(H,31,32)(H,33,34);4-9,11-12,15H,2-3,10,13-14H2,1H3,(H,32,33)(H,34,35);1-2H3. The van der Waals surface area contributed by atoms with Gasteiger partial charge in [-0.1, -0.05) is 51.5 Å². The molecule has 0 spiro atoms. The number of aromatic carboxylic acids is 4. The lowest BCUT2D eigenvalue weighted by Gasteiger charge is -2.24. The average Bonchev–Trinajstić information content (AvgIpc) is 3.57. The van der Waals surface area contributed by atoms with Gasteiger partial charge in [0.25, 0.3) is 0 Å². The molecule has 0 aliphatic heterocycles. The highest BCUT2D eigenvalue weighted by Gasteiger charge is 2.29. The normalized spacial score (nSPS) is 11.1. The Kier molecular flexibility index (Phi) is 20.1. The minimum Gasteiger partial charge on any atom is -0.489 e. The predicted molar refractivity (Wildman–Crippen MR) is 290 cm³/mol. The molecule has 8 rings (SSSR count). The number of carbonyl (C=O) groups excluding carboxylic acids is 2. The van der Waals surface area contributed by atoms with E-state index in [0.717, 1.165) is 30.7 Å². The first kappa shape index (κ1) is 61.0. The highest BCUT2D eigenvalue weighted by atomic mass is 16.6. The number of unbranched alkanes of at least 4 members (excludes halogenated alkanes) is 1. The number of fused-ring (bicyclic) bond motifs is 4. The van der Waals surface area contributed by atoms with Crippen molar-refractivity contribution in [3.8, 4) is 23.0 Å². The van der Waals surface area contributed by atoms with E-state index in [0.29, 0.717) is 6.42 Å². The van der Waals surface area contributed by atoms with Crippen molar-refractivity contribution in [1.82, 2.24) is 0 Å². The van der Waals surface area contributed by atoms with Gasteiger partial charge in [-0.15, -0.1) is 0 Å². The van der Waals surface area contributed by atoms with E-state index in [2.05, 4.69) is 0 Å². The molecular weight excluding hydrogens is 1080 g/mol. The van der Waals surface area contributed by atoms with Gasteiger partial charge in [-0.25, -0.2) is 19.2 Å². The maximum atomic E-state index is 12.7. The van der Waals surface area contributed by atoms with E-state index >= 15 is 0 Å². The molecule has 0 radical (unpaired) electrons. The van der Waals surface area contributed by atoms with E-state index in [9.17, 15) is 47.9 Å². The Balaban J connectivity index is 0.000000256. The van der Waals surface area contributed by atoms with Gasteiger partial charge < -0.3 is 66.5 Å². The third kappa shape index (κ3) is 15.1. The van der Waals surface area contributed by atoms with Gasteiger partial charge in [0.05, 0.1) is 5.41 Å². The third-order valence-electron chi connectivity index (χ3n) is 11.3. The summed E-state index contributed by atoms with van der Waals surface area (Å²) < 4.78 is 55.5. The largest absolute Gasteiger partial charge is 0.489 e. The topological polar surface area (TPSA) is 360 Å². The number of hydrogen-bond donors (Lipinski definition) is 4. The van der Waals surface area contributed by atoms with E-state index in [1.165, 1.54) is 72.8 Å². The molecule has 0 fully saturated rings. The Bertz CT molecular complexity index is 3720. The van der Waals surface area contributed by atoms with Crippen LogP contribution in [0.15, 0.2) is 134 Å². The molecule has 82 heavy (non-hydrogen) atoms. The quantitative estimate of drug-likeness (QED) is 0.0489. The SMILES string of the molecule is CC.CC(C)(C)C(=O)OC(COc1cccc2oc(C(=O)O)cc(=O)c12)COc1cccc2oc(C(=O)O)cc(=O)c12.CCCCC(=O)OC(COc1cccc2oc(C(=O)O)cc(=O)c12)COc1cccc2oc(C(=O)O)cc(=O)c12. The second-order valence-electron chi connectivity index (χ2n) is 18.4. The van der Waals surface area contributed by atoms with Crippen molar-refractivity contribution in [3.63, 3.8) is 0 Å². The fraction of sp³-hybridized carbons (Fsp3) is 0.276. The first-order valence-electron chi connectivity index (χ1n) is 25.1. The molecule has 0 saturated heterocycles. The molecule has 430 valence electrons. The second kappa shape index (κ2) is 27.1. The molecule has 4 aromatic carbocycles. The minimum absolute atomic E-state index is 0.00153. The molecule has 0 aliphatic rings. The van der Waals surface area contributed by atoms with Gasteiger partial charge in [-0.05, 0) is 75.7 Å². The third-order valence-corrected chi connectivity index (χ3v) is 11.3. The summed E-state index contributed by atoms with van der Waals surface area (Å²) in [6.07, 6.45) is -0.516. The molecule has 0 atom stereocenters. The molecule has 24 heteroatoms. The van der Waals surface area contributed by atoms with Crippen LogP contribution in [0.3, 0.4) is 0 Å². The molecule has 24 nitrogen and oxygen atoms in total. The molecular formula is C58H54O24. The molecule has 0 unspecified atom stereocenters. The zero-order chi connectivity index (χ0) is 60.0. The monoisotopic (exact) mass is 1130 g/mol. The Morgan fingerprint density at radius 1 is 0.451 bits per heavy atom. The number of hydrogen-bond acceptors (Lipinski definition) is 20. The van der Waals surface area contributed by atoms with Crippen molar-refractivity contribution in [2.24, 2.45) is 5.41 Å². The summed E-state index contributed by atoms with van der Waals surface area (Å²) in [6, 6.07) is 20.9. The summed E-state index contributed by atoms with van der Waals surface area (Å²) in [4.78, 5) is 120.